The molecule has 4 rings (SSSR count). The first kappa shape index (κ1) is 20.8. The number of aromatic nitrogens is 1. The van der Waals surface area contributed by atoms with Gasteiger partial charge in [-0.2, -0.15) is 0 Å². The average Bonchev–Trinajstić information content (AvgIpc) is 3.21. The van der Waals surface area contributed by atoms with Crippen LogP contribution in [0.5, 0.6) is 0 Å². The maximum Gasteiger partial charge on any atom is 0.264 e. The molecule has 1 heterocycles. The minimum Gasteiger partial charge on any atom is -0.322 e. The van der Waals surface area contributed by atoms with Gasteiger partial charge in [0, 0.05) is 18.8 Å². The van der Waals surface area contributed by atoms with Crippen molar-refractivity contribution in [2.45, 2.75) is 4.90 Å². The van der Waals surface area contributed by atoms with Gasteiger partial charge in [-0.05, 0) is 48.5 Å². The van der Waals surface area contributed by atoms with Crippen molar-refractivity contribution in [3.05, 3.63) is 89.9 Å². The third kappa shape index (κ3) is 4.65. The van der Waals surface area contributed by atoms with E-state index in [1.54, 1.807) is 42.5 Å². The van der Waals surface area contributed by atoms with Gasteiger partial charge in [-0.25, -0.2) is 13.4 Å². The monoisotopic (exact) mass is 449 g/mol. The Morgan fingerprint density at radius 3 is 2.52 bits per heavy atom. The molecule has 0 bridgehead atoms. The number of hydrogen-bond donors (Lipinski definition) is 1. The molecule has 1 aromatic heterocycles. The van der Waals surface area contributed by atoms with Gasteiger partial charge in [0.05, 0.1) is 20.8 Å². The number of hydrogen-bond acceptors (Lipinski definition) is 5. The summed E-state index contributed by atoms with van der Waals surface area (Å²) < 4.78 is 28.2. The highest BCUT2D eigenvalue weighted by Gasteiger charge is 2.21. The van der Waals surface area contributed by atoms with Crippen molar-refractivity contribution in [3.8, 4) is 0 Å². The molecule has 1 amide bonds. The molecule has 6 nitrogen and oxygen atoms in total. The number of sulfonamides is 1. The Hall–Kier alpha value is -3.49. The maximum absolute atomic E-state index is 13.0. The summed E-state index contributed by atoms with van der Waals surface area (Å²) in [5.41, 5.74) is 1.82. The van der Waals surface area contributed by atoms with Gasteiger partial charge in [0.25, 0.3) is 10.0 Å². The van der Waals surface area contributed by atoms with Gasteiger partial charge in [-0.1, -0.05) is 36.4 Å². The summed E-state index contributed by atoms with van der Waals surface area (Å²) in [7, 11) is -2.27. The Morgan fingerprint density at radius 1 is 1.00 bits per heavy atom. The molecule has 156 valence electrons. The predicted octanol–water partition coefficient (Wildman–Crippen LogP) is 4.77. The zero-order valence-electron chi connectivity index (χ0n) is 16.6. The summed E-state index contributed by atoms with van der Waals surface area (Å²) in [5, 5.41) is 3.42. The number of para-hydroxylation sites is 2. The lowest BCUT2D eigenvalue weighted by molar-refractivity contribution is -0.111. The minimum absolute atomic E-state index is 0.0896. The number of rotatable bonds is 6. The second-order valence-corrected chi connectivity index (χ2v) is 9.71. The second-order valence-electron chi connectivity index (χ2n) is 6.68. The van der Waals surface area contributed by atoms with Gasteiger partial charge in [0.1, 0.15) is 5.01 Å². The fraction of sp³-hybridized carbons (Fsp3) is 0.0435. The summed E-state index contributed by atoms with van der Waals surface area (Å²) >= 11 is 1.49. The Bertz CT molecular complexity index is 1330. The zero-order chi connectivity index (χ0) is 21.8. The van der Waals surface area contributed by atoms with Crippen molar-refractivity contribution in [1.82, 2.24) is 4.98 Å². The quantitative estimate of drug-likeness (QED) is 0.430. The molecule has 31 heavy (non-hydrogen) atoms. The van der Waals surface area contributed by atoms with Crippen LogP contribution in [-0.2, 0) is 14.8 Å². The van der Waals surface area contributed by atoms with Gasteiger partial charge in [-0.3, -0.25) is 9.10 Å². The number of nitrogens with zero attached hydrogens (tertiary/aromatic N) is 2. The van der Waals surface area contributed by atoms with Crippen LogP contribution in [0.4, 0.5) is 11.4 Å². The third-order valence-corrected chi connectivity index (χ3v) is 7.35. The molecule has 8 heteroatoms. The molecular formula is C23H19N3O3S2. The topological polar surface area (TPSA) is 79.4 Å². The van der Waals surface area contributed by atoms with Crippen LogP contribution in [0.25, 0.3) is 16.3 Å². The van der Waals surface area contributed by atoms with Gasteiger partial charge in [0.2, 0.25) is 5.91 Å². The average molecular weight is 450 g/mol. The zero-order valence-corrected chi connectivity index (χ0v) is 18.2. The number of amides is 1. The van der Waals surface area contributed by atoms with Gasteiger partial charge < -0.3 is 5.32 Å². The van der Waals surface area contributed by atoms with Crippen molar-refractivity contribution < 1.29 is 13.2 Å². The largest absolute Gasteiger partial charge is 0.322 e. The summed E-state index contributed by atoms with van der Waals surface area (Å²) in [4.78, 5) is 16.9. The summed E-state index contributed by atoms with van der Waals surface area (Å²) in [6.45, 7) is 0. The Morgan fingerprint density at radius 2 is 1.74 bits per heavy atom. The van der Waals surface area contributed by atoms with E-state index in [9.17, 15) is 13.2 Å². The second kappa shape index (κ2) is 8.71. The van der Waals surface area contributed by atoms with Crippen LogP contribution in [0.15, 0.2) is 89.8 Å². The lowest BCUT2D eigenvalue weighted by Gasteiger charge is -2.19. The minimum atomic E-state index is -3.76. The first-order valence-corrected chi connectivity index (χ1v) is 11.7. The van der Waals surface area contributed by atoms with Gasteiger partial charge >= 0.3 is 0 Å². The lowest BCUT2D eigenvalue weighted by Crippen LogP contribution is -2.26. The first-order valence-electron chi connectivity index (χ1n) is 9.42. The van der Waals surface area contributed by atoms with E-state index in [4.69, 9.17) is 0 Å². The molecule has 0 saturated heterocycles. The van der Waals surface area contributed by atoms with Crippen LogP contribution >= 0.6 is 11.3 Å². The SMILES string of the molecule is CN(c1ccccc1)S(=O)(=O)c1cccc(NC(=O)/C=C/c2nc3ccccc3s2)c1. The molecule has 0 aliphatic carbocycles. The number of nitrogens with one attached hydrogen (secondary N) is 1. The van der Waals surface area contributed by atoms with Crippen molar-refractivity contribution in [3.63, 3.8) is 0 Å². The van der Waals surface area contributed by atoms with Gasteiger partial charge in [0.15, 0.2) is 0 Å². The molecule has 0 aliphatic heterocycles. The molecular weight excluding hydrogens is 430 g/mol. The summed E-state index contributed by atoms with van der Waals surface area (Å²) in [6.07, 6.45) is 3.03. The highest BCUT2D eigenvalue weighted by Crippen LogP contribution is 2.24. The molecule has 0 unspecified atom stereocenters. The predicted molar refractivity (Wildman–Crippen MR) is 126 cm³/mol. The van der Waals surface area contributed by atoms with E-state index >= 15 is 0 Å². The van der Waals surface area contributed by atoms with E-state index < -0.39 is 10.0 Å². The standard InChI is InChI=1S/C23H19N3O3S2/c1-26(18-9-3-2-4-10-18)31(28,29)19-11-7-8-17(16-19)24-22(27)14-15-23-25-20-12-5-6-13-21(20)30-23/h2-16H,1H3,(H,24,27)/b15-14+. The van der Waals surface area contributed by atoms with Crippen LogP contribution in [-0.4, -0.2) is 26.4 Å². The smallest absolute Gasteiger partial charge is 0.264 e. The molecule has 4 aromatic rings. The van der Waals surface area contributed by atoms with E-state index in [1.165, 1.54) is 40.9 Å². The van der Waals surface area contributed by atoms with Crippen molar-refractivity contribution in [1.29, 1.82) is 0 Å². The Labute approximate surface area is 184 Å². The van der Waals surface area contributed by atoms with Crippen LogP contribution in [0.3, 0.4) is 0 Å². The molecule has 3 aromatic carbocycles. The van der Waals surface area contributed by atoms with Crippen LogP contribution < -0.4 is 9.62 Å². The van der Waals surface area contributed by atoms with Crippen molar-refractivity contribution in [2.75, 3.05) is 16.7 Å². The number of benzene rings is 3. The Kier molecular flexibility index (Phi) is 5.83. The molecule has 0 spiro atoms. The third-order valence-electron chi connectivity index (χ3n) is 4.57. The molecule has 0 radical (unpaired) electrons. The number of anilines is 2. The van der Waals surface area contributed by atoms with Gasteiger partial charge in [-0.15, -0.1) is 11.3 Å². The van der Waals surface area contributed by atoms with Crippen molar-refractivity contribution >= 4 is 54.9 Å². The Balaban J connectivity index is 1.49. The normalized spacial score (nSPS) is 11.6. The molecule has 0 saturated carbocycles. The number of thiazole rings is 1. The van der Waals surface area contributed by atoms with E-state index in [1.807, 2.05) is 30.3 Å². The number of carbonyl (C=O) groups is 1. The van der Waals surface area contributed by atoms with E-state index in [0.29, 0.717) is 11.4 Å². The first-order chi connectivity index (χ1) is 14.9. The molecule has 0 atom stereocenters. The maximum atomic E-state index is 13.0. The van der Waals surface area contributed by atoms with Crippen LogP contribution in [0.2, 0.25) is 0 Å². The van der Waals surface area contributed by atoms with Crippen molar-refractivity contribution in [2.24, 2.45) is 0 Å². The summed E-state index contributed by atoms with van der Waals surface area (Å²) in [5.74, 6) is -0.370. The highest BCUT2D eigenvalue weighted by atomic mass is 32.2. The molecule has 1 N–H and O–H groups in total. The highest BCUT2D eigenvalue weighted by molar-refractivity contribution is 7.92. The number of carbonyl (C=O) groups excluding carboxylic acids is 1. The van der Waals surface area contributed by atoms with E-state index in [-0.39, 0.29) is 10.8 Å². The lowest BCUT2D eigenvalue weighted by atomic mass is 10.3. The van der Waals surface area contributed by atoms with E-state index in [0.717, 1.165) is 15.2 Å². The van der Waals surface area contributed by atoms with E-state index in [2.05, 4.69) is 10.3 Å². The van der Waals surface area contributed by atoms with Crippen LogP contribution in [0.1, 0.15) is 5.01 Å². The fourth-order valence-electron chi connectivity index (χ4n) is 2.96. The van der Waals surface area contributed by atoms with Crippen LogP contribution in [0, 0.1) is 0 Å². The fourth-order valence-corrected chi connectivity index (χ4v) is 5.07. The molecule has 0 aliphatic rings. The number of fused-ring (bicyclic) bond motifs is 1. The summed E-state index contributed by atoms with van der Waals surface area (Å²) in [6, 6.07) is 22.7. The molecule has 0 fully saturated rings.